The Morgan fingerprint density at radius 3 is 2.64 bits per heavy atom. The van der Waals surface area contributed by atoms with Crippen molar-refractivity contribution < 1.29 is 30.4 Å². The predicted molar refractivity (Wildman–Crippen MR) is 92.6 cm³/mol. The number of para-hydroxylation sites is 1. The summed E-state index contributed by atoms with van der Waals surface area (Å²) in [6.07, 6.45) is -3.16. The Labute approximate surface area is 147 Å². The van der Waals surface area contributed by atoms with E-state index >= 15 is 0 Å². The van der Waals surface area contributed by atoms with Gasteiger partial charge in [0.25, 0.3) is 0 Å². The average molecular weight is 368 g/mol. The van der Waals surface area contributed by atoms with Crippen LogP contribution in [0.15, 0.2) is 35.6 Å². The zero-order valence-corrected chi connectivity index (χ0v) is 14.0. The Morgan fingerprint density at radius 1 is 1.16 bits per heavy atom. The summed E-state index contributed by atoms with van der Waals surface area (Å²) < 4.78 is 5.42. The van der Waals surface area contributed by atoms with E-state index in [1.165, 1.54) is 0 Å². The summed E-state index contributed by atoms with van der Waals surface area (Å²) in [5, 5.41) is 52.8. The van der Waals surface area contributed by atoms with Crippen LogP contribution in [-0.4, -0.2) is 72.1 Å². The molecule has 3 rings (SSSR count). The minimum Gasteiger partial charge on any atom is -0.410 e. The molecule has 0 saturated carbocycles. The molecule has 8 nitrogen and oxygen atoms in total. The molecule has 1 aromatic carbocycles. The number of H-pyrrole nitrogens is 1. The molecule has 1 aliphatic heterocycles. The van der Waals surface area contributed by atoms with E-state index in [2.05, 4.69) is 10.1 Å². The topological polar surface area (TPSA) is 139 Å². The summed E-state index contributed by atoms with van der Waals surface area (Å²) in [6, 6.07) is 7.68. The Kier molecular flexibility index (Phi) is 5.62. The maximum atomic E-state index is 10.1. The van der Waals surface area contributed by atoms with E-state index in [0.717, 1.165) is 28.2 Å². The second-order valence-electron chi connectivity index (χ2n) is 5.85. The van der Waals surface area contributed by atoms with E-state index < -0.39 is 36.5 Å². The first kappa shape index (κ1) is 18.2. The molecule has 136 valence electrons. The van der Waals surface area contributed by atoms with Gasteiger partial charge in [-0.25, -0.2) is 0 Å². The first-order valence-corrected chi connectivity index (χ1v) is 8.66. The third kappa shape index (κ3) is 3.66. The normalized spacial score (nSPS) is 30.7. The molecule has 5 atom stereocenters. The molecule has 1 aromatic heterocycles. The third-order valence-electron chi connectivity index (χ3n) is 4.23. The maximum Gasteiger partial charge on any atom is 0.138 e. The van der Waals surface area contributed by atoms with Gasteiger partial charge in [0.05, 0.1) is 6.61 Å². The fraction of sp³-hybridized carbons (Fsp3) is 0.438. The van der Waals surface area contributed by atoms with Gasteiger partial charge in [0.15, 0.2) is 0 Å². The number of rotatable bonds is 4. The van der Waals surface area contributed by atoms with E-state index in [0.29, 0.717) is 6.42 Å². The van der Waals surface area contributed by atoms with Crippen LogP contribution >= 0.6 is 11.8 Å². The minimum atomic E-state index is -1.46. The number of aromatic nitrogens is 1. The number of hydrogen-bond acceptors (Lipinski definition) is 8. The standard InChI is InChI=1S/C16H20N2O6S/c19-7-11-13(20)14(21)15(22)16(24-11)25-12(18-23)5-8-6-17-10-4-2-1-3-9(8)10/h1-4,6,11,13-17,19-23H,5,7H2/b18-12+. The molecule has 1 saturated heterocycles. The SMILES string of the molecule is OCC1OC(S/C(Cc2c[nH]c3ccccc23)=N/O)C(O)C(O)C1O. The lowest BCUT2D eigenvalue weighted by Crippen LogP contribution is -2.57. The number of nitrogens with zero attached hydrogens (tertiary/aromatic N) is 1. The molecule has 0 spiro atoms. The number of aromatic amines is 1. The zero-order chi connectivity index (χ0) is 18.0. The largest absolute Gasteiger partial charge is 0.410 e. The highest BCUT2D eigenvalue weighted by Crippen LogP contribution is 2.31. The fourth-order valence-corrected chi connectivity index (χ4v) is 3.89. The van der Waals surface area contributed by atoms with Gasteiger partial charge in [-0.05, 0) is 11.6 Å². The number of aliphatic hydroxyl groups is 4. The maximum absolute atomic E-state index is 10.1. The molecular weight excluding hydrogens is 348 g/mol. The van der Waals surface area contributed by atoms with Gasteiger partial charge >= 0.3 is 0 Å². The monoisotopic (exact) mass is 368 g/mol. The van der Waals surface area contributed by atoms with Crippen LogP contribution in [0.3, 0.4) is 0 Å². The molecule has 1 fully saturated rings. The van der Waals surface area contributed by atoms with E-state index in [9.17, 15) is 25.6 Å². The van der Waals surface area contributed by atoms with Crippen molar-refractivity contribution in [2.45, 2.75) is 36.3 Å². The van der Waals surface area contributed by atoms with Gasteiger partial charge in [-0.1, -0.05) is 35.1 Å². The molecule has 9 heteroatoms. The van der Waals surface area contributed by atoms with Crippen LogP contribution in [0.5, 0.6) is 0 Å². The van der Waals surface area contributed by atoms with Crippen LogP contribution in [0.1, 0.15) is 5.56 Å². The molecule has 0 amide bonds. The fourth-order valence-electron chi connectivity index (χ4n) is 2.84. The van der Waals surface area contributed by atoms with Crippen LogP contribution in [0.25, 0.3) is 10.9 Å². The van der Waals surface area contributed by atoms with E-state index in [-0.39, 0.29) is 5.04 Å². The first-order chi connectivity index (χ1) is 12.0. The van der Waals surface area contributed by atoms with Crippen molar-refractivity contribution in [3.63, 3.8) is 0 Å². The first-order valence-electron chi connectivity index (χ1n) is 7.78. The van der Waals surface area contributed by atoms with E-state index in [1.807, 2.05) is 30.5 Å². The molecule has 2 aromatic rings. The Bertz CT molecular complexity index is 749. The van der Waals surface area contributed by atoms with E-state index in [1.54, 1.807) is 0 Å². The van der Waals surface area contributed by atoms with E-state index in [4.69, 9.17) is 4.74 Å². The van der Waals surface area contributed by atoms with Crippen molar-refractivity contribution >= 4 is 27.7 Å². The van der Waals surface area contributed by atoms with Crippen molar-refractivity contribution in [3.8, 4) is 0 Å². The van der Waals surface area contributed by atoms with Crippen LogP contribution < -0.4 is 0 Å². The Balaban J connectivity index is 1.74. The highest BCUT2D eigenvalue weighted by atomic mass is 32.2. The Hall–Kier alpha value is -1.62. The molecule has 5 unspecified atom stereocenters. The minimum absolute atomic E-state index is 0.272. The van der Waals surface area contributed by atoms with Gasteiger partial charge in [0.2, 0.25) is 0 Å². The number of ether oxygens (including phenoxy) is 1. The molecule has 0 bridgehead atoms. The molecule has 0 radical (unpaired) electrons. The highest BCUT2D eigenvalue weighted by molar-refractivity contribution is 8.14. The van der Waals surface area contributed by atoms with Gasteiger partial charge in [0.1, 0.15) is 34.9 Å². The number of nitrogens with one attached hydrogen (secondary N) is 1. The summed E-state index contributed by atoms with van der Waals surface area (Å²) in [6.45, 7) is -0.504. The third-order valence-corrected chi connectivity index (χ3v) is 5.35. The predicted octanol–water partition coefficient (Wildman–Crippen LogP) is 0.0312. The van der Waals surface area contributed by atoms with Crippen LogP contribution in [0, 0.1) is 0 Å². The lowest BCUT2D eigenvalue weighted by Gasteiger charge is -2.39. The molecule has 0 aliphatic carbocycles. The number of oxime groups is 1. The van der Waals surface area contributed by atoms with Crippen molar-refractivity contribution in [2.24, 2.45) is 5.16 Å². The van der Waals surface area contributed by atoms with Gasteiger partial charge in [-0.3, -0.25) is 0 Å². The van der Waals surface area contributed by atoms with Gasteiger partial charge < -0.3 is 35.4 Å². The molecule has 1 aliphatic rings. The highest BCUT2D eigenvalue weighted by Gasteiger charge is 2.44. The Morgan fingerprint density at radius 2 is 1.92 bits per heavy atom. The van der Waals surface area contributed by atoms with Crippen molar-refractivity contribution in [2.75, 3.05) is 6.61 Å². The number of thioether (sulfide) groups is 1. The molecule has 6 N–H and O–H groups in total. The number of aliphatic hydroxyl groups excluding tert-OH is 4. The second kappa shape index (κ2) is 7.73. The average Bonchev–Trinajstić information content (AvgIpc) is 3.04. The quantitative estimate of drug-likeness (QED) is 0.194. The molecular formula is C16H20N2O6S. The molecule has 2 heterocycles. The lowest BCUT2D eigenvalue weighted by molar-refractivity contribution is -0.205. The summed E-state index contributed by atoms with van der Waals surface area (Å²) in [4.78, 5) is 3.13. The lowest BCUT2D eigenvalue weighted by atomic mass is 10.0. The molecule has 25 heavy (non-hydrogen) atoms. The second-order valence-corrected chi connectivity index (χ2v) is 7.02. The summed E-state index contributed by atoms with van der Waals surface area (Å²) in [5.74, 6) is 0. The summed E-state index contributed by atoms with van der Waals surface area (Å²) >= 11 is 0.937. The number of benzene rings is 1. The van der Waals surface area contributed by atoms with Crippen molar-refractivity contribution in [1.82, 2.24) is 4.98 Å². The summed E-state index contributed by atoms with van der Waals surface area (Å²) in [5.41, 5.74) is 0.875. The number of fused-ring (bicyclic) bond motifs is 1. The van der Waals surface area contributed by atoms with Crippen LogP contribution in [0.2, 0.25) is 0 Å². The zero-order valence-electron chi connectivity index (χ0n) is 13.2. The van der Waals surface area contributed by atoms with Crippen molar-refractivity contribution in [3.05, 3.63) is 36.0 Å². The number of hydrogen-bond donors (Lipinski definition) is 6. The van der Waals surface area contributed by atoms with Gasteiger partial charge in [-0.15, -0.1) is 0 Å². The summed E-state index contributed by atoms with van der Waals surface area (Å²) in [7, 11) is 0. The van der Waals surface area contributed by atoms with Crippen molar-refractivity contribution in [1.29, 1.82) is 0 Å². The van der Waals surface area contributed by atoms with Crippen LogP contribution in [0.4, 0.5) is 0 Å². The van der Waals surface area contributed by atoms with Crippen LogP contribution in [-0.2, 0) is 11.2 Å². The van der Waals surface area contributed by atoms with Gasteiger partial charge in [0, 0.05) is 23.5 Å². The smallest absolute Gasteiger partial charge is 0.138 e. The van der Waals surface area contributed by atoms with Gasteiger partial charge in [-0.2, -0.15) is 0 Å².